The van der Waals surface area contributed by atoms with E-state index in [-0.39, 0.29) is 0 Å². The van der Waals surface area contributed by atoms with Gasteiger partial charge in [0.15, 0.2) is 11.6 Å². The second kappa shape index (κ2) is 7.47. The van der Waals surface area contributed by atoms with Gasteiger partial charge in [-0.15, -0.1) is 0 Å². The highest BCUT2D eigenvalue weighted by Crippen LogP contribution is 2.16. The molecular formula is C15H23F2N. The lowest BCUT2D eigenvalue weighted by molar-refractivity contribution is 0.375. The highest BCUT2D eigenvalue weighted by atomic mass is 19.2. The van der Waals surface area contributed by atoms with Gasteiger partial charge in [0.25, 0.3) is 0 Å². The molecule has 0 aliphatic rings. The molecule has 0 fully saturated rings. The molecule has 0 bridgehead atoms. The van der Waals surface area contributed by atoms with Gasteiger partial charge in [0.2, 0.25) is 0 Å². The molecule has 1 aromatic carbocycles. The number of halogens is 2. The summed E-state index contributed by atoms with van der Waals surface area (Å²) in [5.41, 5.74) is 0.471. The van der Waals surface area contributed by atoms with Gasteiger partial charge in [0.1, 0.15) is 0 Å². The zero-order valence-corrected chi connectivity index (χ0v) is 11.5. The highest BCUT2D eigenvalue weighted by Gasteiger charge is 2.14. The SMILES string of the molecule is CCCNC(CCc1cccc(F)c1F)C(C)C. The van der Waals surface area contributed by atoms with E-state index in [2.05, 4.69) is 26.1 Å². The maximum absolute atomic E-state index is 13.5. The zero-order chi connectivity index (χ0) is 13.5. The number of hydrogen-bond donors (Lipinski definition) is 1. The summed E-state index contributed by atoms with van der Waals surface area (Å²) in [6, 6.07) is 4.74. The van der Waals surface area contributed by atoms with Gasteiger partial charge in [0.05, 0.1) is 0 Å². The van der Waals surface area contributed by atoms with Crippen molar-refractivity contribution in [2.24, 2.45) is 5.92 Å². The summed E-state index contributed by atoms with van der Waals surface area (Å²) in [7, 11) is 0. The molecule has 18 heavy (non-hydrogen) atoms. The second-order valence-corrected chi connectivity index (χ2v) is 5.06. The van der Waals surface area contributed by atoms with Gasteiger partial charge in [-0.2, -0.15) is 0 Å². The van der Waals surface area contributed by atoms with Crippen LogP contribution < -0.4 is 5.32 Å². The van der Waals surface area contributed by atoms with E-state index in [9.17, 15) is 8.78 Å². The standard InChI is InChI=1S/C15H23F2N/c1-4-10-18-14(11(2)3)9-8-12-6-5-7-13(16)15(12)17/h5-7,11,14,18H,4,8-10H2,1-3H3. The van der Waals surface area contributed by atoms with Gasteiger partial charge in [0, 0.05) is 6.04 Å². The lowest BCUT2D eigenvalue weighted by Crippen LogP contribution is -2.34. The van der Waals surface area contributed by atoms with Gasteiger partial charge in [-0.3, -0.25) is 0 Å². The summed E-state index contributed by atoms with van der Waals surface area (Å²) in [6.07, 6.45) is 2.48. The van der Waals surface area contributed by atoms with E-state index in [0.29, 0.717) is 23.9 Å². The molecule has 102 valence electrons. The van der Waals surface area contributed by atoms with E-state index in [1.165, 1.54) is 0 Å². The third kappa shape index (κ3) is 4.37. The lowest BCUT2D eigenvalue weighted by atomic mass is 9.96. The molecule has 0 spiro atoms. The molecule has 0 heterocycles. The Balaban J connectivity index is 2.58. The fraction of sp³-hybridized carbons (Fsp3) is 0.600. The zero-order valence-electron chi connectivity index (χ0n) is 11.5. The third-order valence-electron chi connectivity index (χ3n) is 3.22. The van der Waals surface area contributed by atoms with Crippen LogP contribution in [0.15, 0.2) is 18.2 Å². The van der Waals surface area contributed by atoms with Crippen LogP contribution in [0.1, 0.15) is 39.2 Å². The minimum absolute atomic E-state index is 0.354. The van der Waals surface area contributed by atoms with Crippen LogP contribution in [0.2, 0.25) is 0 Å². The molecular weight excluding hydrogens is 232 g/mol. The minimum atomic E-state index is -0.755. The Morgan fingerprint density at radius 1 is 1.22 bits per heavy atom. The van der Waals surface area contributed by atoms with Crippen molar-refractivity contribution < 1.29 is 8.78 Å². The first-order valence-corrected chi connectivity index (χ1v) is 6.72. The van der Waals surface area contributed by atoms with Crippen LogP contribution in [0, 0.1) is 17.6 Å². The highest BCUT2D eigenvalue weighted by molar-refractivity contribution is 5.19. The minimum Gasteiger partial charge on any atom is -0.314 e. The van der Waals surface area contributed by atoms with Gasteiger partial charge in [-0.1, -0.05) is 32.9 Å². The Morgan fingerprint density at radius 3 is 2.56 bits per heavy atom. The second-order valence-electron chi connectivity index (χ2n) is 5.06. The number of rotatable bonds is 7. The average molecular weight is 255 g/mol. The summed E-state index contributed by atoms with van der Waals surface area (Å²) in [5, 5.41) is 3.46. The van der Waals surface area contributed by atoms with Crippen molar-refractivity contribution in [3.63, 3.8) is 0 Å². The number of benzene rings is 1. The third-order valence-corrected chi connectivity index (χ3v) is 3.22. The van der Waals surface area contributed by atoms with Crippen LogP contribution in [0.3, 0.4) is 0 Å². The predicted octanol–water partition coefficient (Wildman–Crippen LogP) is 3.92. The molecule has 0 aromatic heterocycles. The molecule has 1 N–H and O–H groups in total. The van der Waals surface area contributed by atoms with E-state index in [1.54, 1.807) is 12.1 Å². The van der Waals surface area contributed by atoms with Crippen LogP contribution in [0.4, 0.5) is 8.78 Å². The predicted molar refractivity (Wildman–Crippen MR) is 71.6 cm³/mol. The summed E-state index contributed by atoms with van der Waals surface area (Å²) in [4.78, 5) is 0. The molecule has 0 amide bonds. The van der Waals surface area contributed by atoms with Crippen LogP contribution in [0.25, 0.3) is 0 Å². The van der Waals surface area contributed by atoms with Crippen molar-refractivity contribution in [1.82, 2.24) is 5.32 Å². The van der Waals surface area contributed by atoms with Gasteiger partial charge in [-0.05, 0) is 43.4 Å². The average Bonchev–Trinajstić information content (AvgIpc) is 2.33. The van der Waals surface area contributed by atoms with Gasteiger partial charge in [-0.25, -0.2) is 8.78 Å². The van der Waals surface area contributed by atoms with E-state index in [4.69, 9.17) is 0 Å². The molecule has 0 aliphatic heterocycles. The Labute approximate surface area is 109 Å². The van der Waals surface area contributed by atoms with Crippen LogP contribution in [0.5, 0.6) is 0 Å². The molecule has 3 heteroatoms. The Hall–Kier alpha value is -0.960. The Bertz CT molecular complexity index is 364. The summed E-state index contributed by atoms with van der Waals surface area (Å²) in [6.45, 7) is 7.38. The molecule has 1 nitrogen and oxygen atoms in total. The quantitative estimate of drug-likeness (QED) is 0.778. The first-order chi connectivity index (χ1) is 8.56. The molecule has 0 radical (unpaired) electrons. The summed E-state index contributed by atoms with van der Waals surface area (Å²) >= 11 is 0. The monoisotopic (exact) mass is 255 g/mol. The van der Waals surface area contributed by atoms with Crippen LogP contribution in [-0.4, -0.2) is 12.6 Å². The number of aryl methyl sites for hydroxylation is 1. The molecule has 1 atom stereocenters. The van der Waals surface area contributed by atoms with Crippen molar-refractivity contribution in [2.75, 3.05) is 6.54 Å². The molecule has 0 aliphatic carbocycles. The van der Waals surface area contributed by atoms with Crippen molar-refractivity contribution in [3.8, 4) is 0 Å². The number of nitrogens with one attached hydrogen (secondary N) is 1. The maximum atomic E-state index is 13.5. The summed E-state index contributed by atoms with van der Waals surface area (Å²) in [5.74, 6) is -0.959. The van der Waals surface area contributed by atoms with Gasteiger partial charge >= 0.3 is 0 Å². The fourth-order valence-electron chi connectivity index (χ4n) is 2.05. The van der Waals surface area contributed by atoms with Crippen LogP contribution in [-0.2, 0) is 6.42 Å². The maximum Gasteiger partial charge on any atom is 0.162 e. The van der Waals surface area contributed by atoms with E-state index >= 15 is 0 Å². The van der Waals surface area contributed by atoms with Crippen molar-refractivity contribution in [3.05, 3.63) is 35.4 Å². The topological polar surface area (TPSA) is 12.0 Å². The normalized spacial score (nSPS) is 13.0. The molecule has 1 unspecified atom stereocenters. The van der Waals surface area contributed by atoms with Crippen molar-refractivity contribution in [2.45, 2.75) is 46.1 Å². The first kappa shape index (κ1) is 15.1. The summed E-state index contributed by atoms with van der Waals surface area (Å²) < 4.78 is 26.6. The van der Waals surface area contributed by atoms with E-state index < -0.39 is 11.6 Å². The van der Waals surface area contributed by atoms with E-state index in [1.807, 2.05) is 0 Å². The molecule has 0 saturated carbocycles. The Morgan fingerprint density at radius 2 is 1.94 bits per heavy atom. The molecule has 1 rings (SSSR count). The van der Waals surface area contributed by atoms with Crippen LogP contribution >= 0.6 is 0 Å². The molecule has 1 aromatic rings. The van der Waals surface area contributed by atoms with E-state index in [0.717, 1.165) is 25.5 Å². The lowest BCUT2D eigenvalue weighted by Gasteiger charge is -2.22. The largest absolute Gasteiger partial charge is 0.314 e. The smallest absolute Gasteiger partial charge is 0.162 e. The first-order valence-electron chi connectivity index (χ1n) is 6.72. The van der Waals surface area contributed by atoms with Crippen molar-refractivity contribution in [1.29, 1.82) is 0 Å². The Kier molecular flexibility index (Phi) is 6.27. The fourth-order valence-corrected chi connectivity index (χ4v) is 2.05. The van der Waals surface area contributed by atoms with Crippen molar-refractivity contribution >= 4 is 0 Å². The molecule has 0 saturated heterocycles. The van der Waals surface area contributed by atoms with Gasteiger partial charge < -0.3 is 5.32 Å². The number of hydrogen-bond acceptors (Lipinski definition) is 1.